The molecule has 0 radical (unpaired) electrons. The number of carbonyl (C=O) groups excluding carboxylic acids is 4. The van der Waals surface area contributed by atoms with Gasteiger partial charge in [-0.05, 0) is 83.1 Å². The number of hydrogen-bond donors (Lipinski definition) is 7. The van der Waals surface area contributed by atoms with E-state index in [1.165, 1.54) is 67.2 Å². The number of carbonyl (C=O) groups is 5. The molecule has 0 bridgehead atoms. The first-order chi connectivity index (χ1) is 23.5. The molecular formula is C34H37N7O9. The van der Waals surface area contributed by atoms with Gasteiger partial charge in [0.25, 0.3) is 11.8 Å². The second-order valence-electron chi connectivity index (χ2n) is 12.4. The number of aromatic carboxylic acids is 1. The summed E-state index contributed by atoms with van der Waals surface area (Å²) in [6, 6.07) is 10.2. The van der Waals surface area contributed by atoms with Crippen LogP contribution in [0.5, 0.6) is 11.5 Å². The van der Waals surface area contributed by atoms with Crippen LogP contribution in [0.4, 0.5) is 17.1 Å². The standard InChI is InChI=1S/C34H37N7O9/c1-17-25(12-10-22(27(17)42)30(45)39-26-13-11-23(32(47)48)28(43)18(26)2)38-29(44)19-6-8-20(9-7-19)37-31(46)24(35)14-21-15-36-40-41(21)16-50-33(49)34(3,4)5/h6-13,15,24,42-43H,14,16,35H2,1-5H3,(H,37,46)(H,38,44)(H,39,45)(H,47,48)/t24-/m0/s1. The van der Waals surface area contributed by atoms with Crippen LogP contribution < -0.4 is 21.7 Å². The number of phenols is 2. The van der Waals surface area contributed by atoms with Crippen LogP contribution in [0.3, 0.4) is 0 Å². The molecule has 3 amide bonds. The van der Waals surface area contributed by atoms with Crippen molar-refractivity contribution in [1.82, 2.24) is 15.0 Å². The van der Waals surface area contributed by atoms with Gasteiger partial charge in [0, 0.05) is 40.2 Å². The molecule has 8 N–H and O–H groups in total. The Hall–Kier alpha value is -6.29. The van der Waals surface area contributed by atoms with Gasteiger partial charge in [0.1, 0.15) is 17.1 Å². The lowest BCUT2D eigenvalue weighted by Crippen LogP contribution is -2.38. The third-order valence-corrected chi connectivity index (χ3v) is 7.64. The molecule has 0 unspecified atom stereocenters. The molecule has 4 rings (SSSR count). The predicted molar refractivity (Wildman–Crippen MR) is 181 cm³/mol. The third kappa shape index (κ3) is 8.40. The normalized spacial score (nSPS) is 11.7. The second-order valence-corrected chi connectivity index (χ2v) is 12.4. The van der Waals surface area contributed by atoms with Gasteiger partial charge in [0.05, 0.1) is 28.9 Å². The first-order valence-corrected chi connectivity index (χ1v) is 15.2. The lowest BCUT2D eigenvalue weighted by molar-refractivity contribution is -0.157. The summed E-state index contributed by atoms with van der Waals surface area (Å²) >= 11 is 0. The number of aromatic hydroxyl groups is 2. The quantitative estimate of drug-likeness (QED) is 0.112. The average Bonchev–Trinajstić information content (AvgIpc) is 3.50. The van der Waals surface area contributed by atoms with Crippen LogP contribution in [0.1, 0.15) is 68.7 Å². The minimum Gasteiger partial charge on any atom is -0.507 e. The number of esters is 1. The van der Waals surface area contributed by atoms with Crippen LogP contribution in [-0.4, -0.2) is 66.0 Å². The number of amides is 3. The van der Waals surface area contributed by atoms with Crippen molar-refractivity contribution >= 4 is 46.7 Å². The van der Waals surface area contributed by atoms with E-state index in [2.05, 4.69) is 26.3 Å². The summed E-state index contributed by atoms with van der Waals surface area (Å²) in [5, 5.41) is 45.7. The van der Waals surface area contributed by atoms with E-state index in [9.17, 15) is 34.2 Å². The number of carboxylic acids is 1. The van der Waals surface area contributed by atoms with Gasteiger partial charge in [-0.15, -0.1) is 5.10 Å². The largest absolute Gasteiger partial charge is 0.507 e. The molecule has 0 aliphatic carbocycles. The van der Waals surface area contributed by atoms with Crippen molar-refractivity contribution in [2.45, 2.75) is 53.8 Å². The first kappa shape index (κ1) is 36.5. The monoisotopic (exact) mass is 687 g/mol. The Morgan fingerprint density at radius 1 is 0.840 bits per heavy atom. The Kier molecular flexibility index (Phi) is 10.9. The molecule has 50 heavy (non-hydrogen) atoms. The van der Waals surface area contributed by atoms with E-state index in [-0.39, 0.29) is 52.3 Å². The van der Waals surface area contributed by atoms with Crippen LogP contribution >= 0.6 is 0 Å². The van der Waals surface area contributed by atoms with Crippen LogP contribution in [-0.2, 0) is 27.5 Å². The Balaban J connectivity index is 1.35. The van der Waals surface area contributed by atoms with Crippen LogP contribution in [0.15, 0.2) is 54.7 Å². The van der Waals surface area contributed by atoms with Gasteiger partial charge in [-0.1, -0.05) is 5.21 Å². The number of benzene rings is 3. The lowest BCUT2D eigenvalue weighted by atomic mass is 9.98. The highest BCUT2D eigenvalue weighted by molar-refractivity contribution is 6.09. The molecule has 0 aliphatic heterocycles. The number of nitrogens with one attached hydrogen (secondary N) is 3. The molecule has 0 spiro atoms. The van der Waals surface area contributed by atoms with E-state index in [4.69, 9.17) is 15.6 Å². The average molecular weight is 688 g/mol. The summed E-state index contributed by atoms with van der Waals surface area (Å²) in [5.41, 5.74) is 6.76. The van der Waals surface area contributed by atoms with Crippen molar-refractivity contribution in [1.29, 1.82) is 0 Å². The highest BCUT2D eigenvalue weighted by Crippen LogP contribution is 2.32. The Morgan fingerprint density at radius 3 is 1.98 bits per heavy atom. The minimum absolute atomic E-state index is 0.0577. The van der Waals surface area contributed by atoms with E-state index in [1.807, 2.05) is 0 Å². The van der Waals surface area contributed by atoms with Crippen molar-refractivity contribution in [3.05, 3.63) is 88.2 Å². The van der Waals surface area contributed by atoms with Crippen LogP contribution in [0, 0.1) is 19.3 Å². The third-order valence-electron chi connectivity index (χ3n) is 7.64. The van der Waals surface area contributed by atoms with E-state index in [0.717, 1.165) is 6.07 Å². The molecule has 1 atom stereocenters. The molecule has 1 heterocycles. The smallest absolute Gasteiger partial charge is 0.339 e. The molecule has 0 aliphatic rings. The van der Waals surface area contributed by atoms with Gasteiger partial charge in [0.2, 0.25) is 5.91 Å². The molecule has 1 aromatic heterocycles. The maximum Gasteiger partial charge on any atom is 0.339 e. The molecule has 0 saturated carbocycles. The molecule has 16 nitrogen and oxygen atoms in total. The summed E-state index contributed by atoms with van der Waals surface area (Å²) in [5.74, 6) is -4.42. The van der Waals surface area contributed by atoms with E-state index in [1.54, 1.807) is 20.8 Å². The van der Waals surface area contributed by atoms with Crippen LogP contribution in [0.2, 0.25) is 0 Å². The fourth-order valence-corrected chi connectivity index (χ4v) is 4.55. The van der Waals surface area contributed by atoms with Gasteiger partial charge in [-0.2, -0.15) is 0 Å². The summed E-state index contributed by atoms with van der Waals surface area (Å²) in [6.45, 7) is 7.92. The Labute approximate surface area is 286 Å². The maximum absolute atomic E-state index is 13.0. The molecule has 0 saturated heterocycles. The summed E-state index contributed by atoms with van der Waals surface area (Å²) < 4.78 is 6.60. The molecule has 262 valence electrons. The van der Waals surface area contributed by atoms with Gasteiger partial charge in [-0.3, -0.25) is 19.2 Å². The fraction of sp³-hybridized carbons (Fsp3) is 0.265. The predicted octanol–water partition coefficient (Wildman–Crippen LogP) is 3.56. The van der Waals surface area contributed by atoms with Gasteiger partial charge >= 0.3 is 11.9 Å². The number of nitrogens with two attached hydrogens (primary N) is 1. The van der Waals surface area contributed by atoms with Crippen molar-refractivity contribution in [2.75, 3.05) is 16.0 Å². The van der Waals surface area contributed by atoms with Crippen LogP contribution in [0.25, 0.3) is 0 Å². The number of carboxylic acid groups (broad SMARTS) is 1. The summed E-state index contributed by atoms with van der Waals surface area (Å²) in [6.07, 6.45) is 1.48. The van der Waals surface area contributed by atoms with Gasteiger partial charge in [0.15, 0.2) is 6.73 Å². The highest BCUT2D eigenvalue weighted by atomic mass is 16.5. The Bertz CT molecular complexity index is 1960. The minimum atomic E-state index is -1.33. The number of anilines is 3. The zero-order chi connectivity index (χ0) is 36.9. The highest BCUT2D eigenvalue weighted by Gasteiger charge is 2.24. The molecule has 0 fully saturated rings. The lowest BCUT2D eigenvalue weighted by Gasteiger charge is -2.17. The molecule has 4 aromatic rings. The van der Waals surface area contributed by atoms with E-state index >= 15 is 0 Å². The van der Waals surface area contributed by atoms with Gasteiger partial charge in [-0.25, -0.2) is 9.48 Å². The zero-order valence-electron chi connectivity index (χ0n) is 27.9. The second kappa shape index (κ2) is 14.9. The number of aromatic nitrogens is 3. The Morgan fingerprint density at radius 2 is 1.40 bits per heavy atom. The number of nitrogens with zero attached hydrogens (tertiary/aromatic N) is 3. The number of ether oxygens (including phenoxy) is 1. The summed E-state index contributed by atoms with van der Waals surface area (Å²) in [7, 11) is 0. The maximum atomic E-state index is 13.0. The molecular weight excluding hydrogens is 650 g/mol. The number of phenolic OH excluding ortho intramolecular Hbond substituents is 1. The first-order valence-electron chi connectivity index (χ1n) is 15.2. The van der Waals surface area contributed by atoms with Crippen molar-refractivity contribution in [3.63, 3.8) is 0 Å². The fourth-order valence-electron chi connectivity index (χ4n) is 4.55. The topological polar surface area (TPSA) is 248 Å². The molecule has 16 heteroatoms. The number of hydrogen-bond acceptors (Lipinski definition) is 11. The molecule has 3 aromatic carbocycles. The zero-order valence-corrected chi connectivity index (χ0v) is 27.9. The van der Waals surface area contributed by atoms with Crippen molar-refractivity contribution in [2.24, 2.45) is 11.1 Å². The van der Waals surface area contributed by atoms with Crippen molar-refractivity contribution < 1.29 is 44.0 Å². The van der Waals surface area contributed by atoms with E-state index in [0.29, 0.717) is 11.4 Å². The summed E-state index contributed by atoms with van der Waals surface area (Å²) in [4.78, 5) is 62.0. The van der Waals surface area contributed by atoms with E-state index < -0.39 is 52.6 Å². The SMILES string of the molecule is Cc1c(NC(=O)c2ccc(NC(=O)c3ccc(NC(=O)[C@@H](N)Cc4cnnn4COC(=O)C(C)(C)C)cc3)c(C)c2O)ccc(C(=O)O)c1O. The van der Waals surface area contributed by atoms with Gasteiger partial charge < -0.3 is 41.7 Å². The van der Waals surface area contributed by atoms with Crippen molar-refractivity contribution in [3.8, 4) is 11.5 Å². The number of rotatable bonds is 11.